The van der Waals surface area contributed by atoms with Crippen LogP contribution >= 0.6 is 0 Å². The van der Waals surface area contributed by atoms with Crippen molar-refractivity contribution < 1.29 is 4.39 Å². The first-order valence-electron chi connectivity index (χ1n) is 5.80. The Bertz CT molecular complexity index is 590. The van der Waals surface area contributed by atoms with Crippen molar-refractivity contribution in [1.29, 1.82) is 0 Å². The molecule has 0 radical (unpaired) electrons. The minimum atomic E-state index is -0.290. The van der Waals surface area contributed by atoms with E-state index >= 15 is 0 Å². The zero-order valence-corrected chi connectivity index (χ0v) is 9.70. The van der Waals surface area contributed by atoms with Gasteiger partial charge in [0.25, 0.3) is 0 Å². The summed E-state index contributed by atoms with van der Waals surface area (Å²) in [5.74, 6) is 0.414. The third-order valence-electron chi connectivity index (χ3n) is 3.59. The first-order chi connectivity index (χ1) is 8.16. The molecule has 0 bridgehead atoms. The van der Waals surface area contributed by atoms with Crippen molar-refractivity contribution in [3.8, 4) is 0 Å². The lowest BCUT2D eigenvalue weighted by molar-refractivity contribution is 0.624. The summed E-state index contributed by atoms with van der Waals surface area (Å²) >= 11 is 0. The summed E-state index contributed by atoms with van der Waals surface area (Å²) in [6.45, 7) is 2.42. The third-order valence-corrected chi connectivity index (χ3v) is 3.59. The first kappa shape index (κ1) is 10.6. The molecule has 1 aromatic carbocycles. The van der Waals surface area contributed by atoms with Crippen LogP contribution in [0.2, 0.25) is 0 Å². The molecule has 17 heavy (non-hydrogen) atoms. The van der Waals surface area contributed by atoms with Crippen LogP contribution in [-0.4, -0.2) is 16.5 Å². The number of hydrogen-bond acceptors (Lipinski definition) is 3. The number of aromatic nitrogens is 2. The fourth-order valence-corrected chi connectivity index (χ4v) is 2.18. The Morgan fingerprint density at radius 3 is 2.76 bits per heavy atom. The molecule has 0 aliphatic heterocycles. The number of halogens is 1. The van der Waals surface area contributed by atoms with E-state index in [1.165, 1.54) is 6.07 Å². The largest absolute Gasteiger partial charge is 0.329 e. The van der Waals surface area contributed by atoms with Gasteiger partial charge in [0.15, 0.2) is 0 Å². The molecule has 2 N–H and O–H groups in total. The van der Waals surface area contributed by atoms with Crippen molar-refractivity contribution in [3.63, 3.8) is 0 Å². The smallest absolute Gasteiger partial charge is 0.149 e. The number of rotatable bonds is 2. The maximum atomic E-state index is 13.7. The van der Waals surface area contributed by atoms with Crippen molar-refractivity contribution in [2.75, 3.05) is 6.54 Å². The highest BCUT2D eigenvalue weighted by Crippen LogP contribution is 2.45. The van der Waals surface area contributed by atoms with Crippen LogP contribution in [0.3, 0.4) is 0 Å². The van der Waals surface area contributed by atoms with E-state index in [9.17, 15) is 4.39 Å². The average molecular weight is 231 g/mol. The molecule has 3 nitrogen and oxygen atoms in total. The lowest BCUT2D eigenvalue weighted by atomic mass is 10.1. The molecule has 88 valence electrons. The van der Waals surface area contributed by atoms with Crippen molar-refractivity contribution in [2.24, 2.45) is 5.73 Å². The Morgan fingerprint density at radius 2 is 2.12 bits per heavy atom. The zero-order chi connectivity index (χ0) is 12.0. The topological polar surface area (TPSA) is 51.8 Å². The van der Waals surface area contributed by atoms with Gasteiger partial charge in [-0.3, -0.25) is 0 Å². The predicted octanol–water partition coefficient (Wildman–Crippen LogP) is 2.07. The summed E-state index contributed by atoms with van der Waals surface area (Å²) in [5.41, 5.74) is 6.90. The highest BCUT2D eigenvalue weighted by Gasteiger charge is 2.46. The monoisotopic (exact) mass is 231 g/mol. The average Bonchev–Trinajstić information content (AvgIpc) is 3.11. The number of nitrogens with two attached hydrogens (primary N) is 1. The Labute approximate surface area is 98.9 Å². The van der Waals surface area contributed by atoms with E-state index in [4.69, 9.17) is 5.73 Å². The summed E-state index contributed by atoms with van der Waals surface area (Å²) in [7, 11) is 0. The van der Waals surface area contributed by atoms with Crippen LogP contribution in [-0.2, 0) is 5.41 Å². The molecule has 1 aliphatic carbocycles. The maximum Gasteiger partial charge on any atom is 0.149 e. The Balaban J connectivity index is 2.27. The molecule has 0 spiro atoms. The van der Waals surface area contributed by atoms with Gasteiger partial charge < -0.3 is 5.73 Å². The Hall–Kier alpha value is -1.55. The quantitative estimate of drug-likeness (QED) is 0.860. The van der Waals surface area contributed by atoms with Crippen molar-refractivity contribution in [2.45, 2.75) is 25.2 Å². The minimum Gasteiger partial charge on any atom is -0.329 e. The molecule has 4 heteroatoms. The van der Waals surface area contributed by atoms with Gasteiger partial charge >= 0.3 is 0 Å². The van der Waals surface area contributed by atoms with Crippen LogP contribution in [0.25, 0.3) is 10.9 Å². The summed E-state index contributed by atoms with van der Waals surface area (Å²) in [4.78, 5) is 8.86. The molecule has 0 saturated heterocycles. The number of para-hydroxylation sites is 1. The molecule has 0 atom stereocenters. The van der Waals surface area contributed by atoms with Crippen molar-refractivity contribution in [1.82, 2.24) is 9.97 Å². The number of fused-ring (bicyclic) bond motifs is 1. The van der Waals surface area contributed by atoms with Crippen LogP contribution in [0.5, 0.6) is 0 Å². The van der Waals surface area contributed by atoms with E-state index in [0.717, 1.165) is 23.9 Å². The number of nitrogens with zero attached hydrogens (tertiary/aromatic N) is 2. The second-order valence-electron chi connectivity index (χ2n) is 4.75. The fraction of sp³-hybridized carbons (Fsp3) is 0.385. The Morgan fingerprint density at radius 1 is 1.35 bits per heavy atom. The van der Waals surface area contributed by atoms with Crippen LogP contribution < -0.4 is 5.73 Å². The molecule has 1 aliphatic rings. The molecule has 1 heterocycles. The summed E-state index contributed by atoms with van der Waals surface area (Å²) in [6, 6.07) is 4.96. The molecular weight excluding hydrogens is 217 g/mol. The highest BCUT2D eigenvalue weighted by molar-refractivity contribution is 5.81. The molecule has 1 fully saturated rings. The van der Waals surface area contributed by atoms with E-state index in [1.807, 2.05) is 13.0 Å². The molecule has 3 rings (SSSR count). The molecule has 1 aromatic heterocycles. The van der Waals surface area contributed by atoms with Gasteiger partial charge in [0.1, 0.15) is 17.2 Å². The number of aryl methyl sites for hydroxylation is 1. The van der Waals surface area contributed by atoms with Gasteiger partial charge in [0.2, 0.25) is 0 Å². The summed E-state index contributed by atoms with van der Waals surface area (Å²) in [6.07, 6.45) is 2.01. The van der Waals surface area contributed by atoms with Gasteiger partial charge in [-0.25, -0.2) is 14.4 Å². The van der Waals surface area contributed by atoms with Gasteiger partial charge in [0, 0.05) is 23.0 Å². The maximum absolute atomic E-state index is 13.7. The van der Waals surface area contributed by atoms with E-state index in [2.05, 4.69) is 9.97 Å². The van der Waals surface area contributed by atoms with Crippen LogP contribution in [0.4, 0.5) is 4.39 Å². The van der Waals surface area contributed by atoms with Gasteiger partial charge in [-0.1, -0.05) is 12.1 Å². The van der Waals surface area contributed by atoms with E-state index < -0.39 is 0 Å². The van der Waals surface area contributed by atoms with Crippen molar-refractivity contribution in [3.05, 3.63) is 35.5 Å². The Kier molecular flexibility index (Phi) is 2.16. The number of hydrogen-bond donors (Lipinski definition) is 1. The third kappa shape index (κ3) is 1.52. The van der Waals surface area contributed by atoms with Crippen LogP contribution in [0, 0.1) is 12.7 Å². The second kappa shape index (κ2) is 3.47. The standard InChI is InChI=1S/C13H14FN3/c1-8-9-3-2-4-10(14)11(9)17-12(16-8)13(7-15)5-6-13/h2-4H,5-7,15H2,1H3. The van der Waals surface area contributed by atoms with E-state index in [0.29, 0.717) is 17.9 Å². The lowest BCUT2D eigenvalue weighted by Crippen LogP contribution is -2.23. The van der Waals surface area contributed by atoms with Gasteiger partial charge in [-0.05, 0) is 25.8 Å². The van der Waals surface area contributed by atoms with Crippen molar-refractivity contribution >= 4 is 10.9 Å². The zero-order valence-electron chi connectivity index (χ0n) is 9.70. The molecule has 0 unspecified atom stereocenters. The van der Waals surface area contributed by atoms with E-state index in [-0.39, 0.29) is 11.2 Å². The first-order valence-corrected chi connectivity index (χ1v) is 5.80. The lowest BCUT2D eigenvalue weighted by Gasteiger charge is -2.13. The highest BCUT2D eigenvalue weighted by atomic mass is 19.1. The van der Waals surface area contributed by atoms with Crippen LogP contribution in [0.1, 0.15) is 24.4 Å². The molecule has 1 saturated carbocycles. The number of benzene rings is 1. The van der Waals surface area contributed by atoms with Gasteiger partial charge in [-0.2, -0.15) is 0 Å². The van der Waals surface area contributed by atoms with E-state index in [1.54, 1.807) is 6.07 Å². The SMILES string of the molecule is Cc1nc(C2(CN)CC2)nc2c(F)cccc12. The summed E-state index contributed by atoms with van der Waals surface area (Å²) in [5, 5.41) is 0.779. The normalized spacial score (nSPS) is 17.4. The molecule has 2 aromatic rings. The van der Waals surface area contributed by atoms with Crippen LogP contribution in [0.15, 0.2) is 18.2 Å². The molecular formula is C13H14FN3. The van der Waals surface area contributed by atoms with Gasteiger partial charge in [0.05, 0.1) is 0 Å². The minimum absolute atomic E-state index is 0.0960. The summed E-state index contributed by atoms with van der Waals surface area (Å²) < 4.78 is 13.7. The predicted molar refractivity (Wildman–Crippen MR) is 64.2 cm³/mol. The fourth-order valence-electron chi connectivity index (χ4n) is 2.18. The second-order valence-corrected chi connectivity index (χ2v) is 4.75. The molecule has 0 amide bonds. The van der Waals surface area contributed by atoms with Gasteiger partial charge in [-0.15, -0.1) is 0 Å².